The molecular weight excluding hydrogens is 302 g/mol. The standard InChI is InChI=1S/C19H23N3O2/c1-5-22(6-2)15-9-7-14(8-10-15)18-16(11-20)19(21)24-13(4)17(18)12(3)23/h7-10,18H,5-6,21H2,1-4H3/t18-/m0/s1. The van der Waals surface area contributed by atoms with Gasteiger partial charge in [-0.15, -0.1) is 0 Å². The molecule has 1 heterocycles. The molecule has 1 aromatic rings. The van der Waals surface area contributed by atoms with Crippen LogP contribution in [0.25, 0.3) is 0 Å². The summed E-state index contributed by atoms with van der Waals surface area (Å²) < 4.78 is 5.40. The van der Waals surface area contributed by atoms with E-state index in [1.165, 1.54) is 6.92 Å². The molecule has 0 amide bonds. The van der Waals surface area contributed by atoms with E-state index in [0.717, 1.165) is 24.3 Å². The molecule has 1 aliphatic heterocycles. The zero-order valence-corrected chi connectivity index (χ0v) is 14.6. The van der Waals surface area contributed by atoms with E-state index in [1.807, 2.05) is 24.3 Å². The van der Waals surface area contributed by atoms with Gasteiger partial charge >= 0.3 is 0 Å². The fraction of sp³-hybridized carbons (Fsp3) is 0.368. The molecule has 5 nitrogen and oxygen atoms in total. The van der Waals surface area contributed by atoms with Crippen LogP contribution >= 0.6 is 0 Å². The first kappa shape index (κ1) is 17.6. The van der Waals surface area contributed by atoms with E-state index in [9.17, 15) is 10.1 Å². The first-order valence-corrected chi connectivity index (χ1v) is 8.08. The van der Waals surface area contributed by atoms with Gasteiger partial charge in [-0.25, -0.2) is 0 Å². The third-order valence-corrected chi connectivity index (χ3v) is 4.34. The molecule has 0 fully saturated rings. The molecule has 0 saturated carbocycles. The number of ketones is 1. The lowest BCUT2D eigenvalue weighted by Crippen LogP contribution is -2.24. The Morgan fingerprint density at radius 1 is 1.29 bits per heavy atom. The average Bonchev–Trinajstić information content (AvgIpc) is 2.55. The highest BCUT2D eigenvalue weighted by atomic mass is 16.5. The number of Topliss-reactive ketones (excluding diaryl/α,β-unsaturated/α-hetero) is 1. The van der Waals surface area contributed by atoms with E-state index in [1.54, 1.807) is 6.92 Å². The van der Waals surface area contributed by atoms with Crippen molar-refractivity contribution in [3.05, 3.63) is 52.6 Å². The number of benzene rings is 1. The number of anilines is 1. The van der Waals surface area contributed by atoms with Crippen LogP contribution in [-0.2, 0) is 9.53 Å². The maximum Gasteiger partial charge on any atom is 0.205 e. The van der Waals surface area contributed by atoms with Gasteiger partial charge in [0.1, 0.15) is 17.4 Å². The number of ether oxygens (including phenoxy) is 1. The maximum absolute atomic E-state index is 12.1. The van der Waals surface area contributed by atoms with Gasteiger partial charge in [0.2, 0.25) is 5.88 Å². The highest BCUT2D eigenvalue weighted by Gasteiger charge is 2.33. The van der Waals surface area contributed by atoms with Crippen molar-refractivity contribution in [1.82, 2.24) is 0 Å². The predicted octanol–water partition coefficient (Wildman–Crippen LogP) is 3.20. The van der Waals surface area contributed by atoms with Crippen molar-refractivity contribution in [2.45, 2.75) is 33.6 Å². The first-order valence-electron chi connectivity index (χ1n) is 8.08. The largest absolute Gasteiger partial charge is 0.445 e. The number of nitrogens with zero attached hydrogens (tertiary/aromatic N) is 2. The maximum atomic E-state index is 12.1. The van der Waals surface area contributed by atoms with Crippen molar-refractivity contribution in [2.24, 2.45) is 5.73 Å². The quantitative estimate of drug-likeness (QED) is 0.899. The molecule has 5 heteroatoms. The summed E-state index contributed by atoms with van der Waals surface area (Å²) in [7, 11) is 0. The Morgan fingerprint density at radius 3 is 2.33 bits per heavy atom. The highest BCUT2D eigenvalue weighted by molar-refractivity contribution is 5.96. The van der Waals surface area contributed by atoms with Crippen molar-refractivity contribution in [3.8, 4) is 6.07 Å². The van der Waals surface area contributed by atoms with Crippen LogP contribution in [0.4, 0.5) is 5.69 Å². The lowest BCUT2D eigenvalue weighted by atomic mass is 9.81. The van der Waals surface area contributed by atoms with Gasteiger partial charge in [0.05, 0.1) is 5.92 Å². The fourth-order valence-corrected chi connectivity index (χ4v) is 3.14. The van der Waals surface area contributed by atoms with Crippen LogP contribution in [0.2, 0.25) is 0 Å². The van der Waals surface area contributed by atoms with Crippen molar-refractivity contribution in [2.75, 3.05) is 18.0 Å². The summed E-state index contributed by atoms with van der Waals surface area (Å²) in [5, 5.41) is 9.49. The lowest BCUT2D eigenvalue weighted by molar-refractivity contribution is -0.114. The minimum Gasteiger partial charge on any atom is -0.445 e. The molecule has 0 unspecified atom stereocenters. The molecule has 24 heavy (non-hydrogen) atoms. The van der Waals surface area contributed by atoms with Crippen molar-refractivity contribution in [3.63, 3.8) is 0 Å². The summed E-state index contributed by atoms with van der Waals surface area (Å²) in [5.74, 6) is -0.0767. The third kappa shape index (κ3) is 3.13. The summed E-state index contributed by atoms with van der Waals surface area (Å²) in [6.07, 6.45) is 0. The van der Waals surface area contributed by atoms with E-state index in [0.29, 0.717) is 11.3 Å². The molecule has 0 radical (unpaired) electrons. The summed E-state index contributed by atoms with van der Waals surface area (Å²) in [6.45, 7) is 9.23. The molecule has 1 aliphatic rings. The second-order valence-electron chi connectivity index (χ2n) is 5.71. The Morgan fingerprint density at radius 2 is 1.88 bits per heavy atom. The topological polar surface area (TPSA) is 79.3 Å². The van der Waals surface area contributed by atoms with Crippen LogP contribution in [-0.4, -0.2) is 18.9 Å². The number of nitriles is 1. The van der Waals surface area contributed by atoms with E-state index in [4.69, 9.17) is 10.5 Å². The number of hydrogen-bond donors (Lipinski definition) is 1. The van der Waals surface area contributed by atoms with E-state index in [-0.39, 0.29) is 17.2 Å². The molecule has 2 N–H and O–H groups in total. The smallest absolute Gasteiger partial charge is 0.205 e. The molecule has 0 saturated heterocycles. The number of carbonyl (C=O) groups excluding carboxylic acids is 1. The van der Waals surface area contributed by atoms with Crippen LogP contribution in [0, 0.1) is 11.3 Å². The Bertz CT molecular complexity index is 735. The summed E-state index contributed by atoms with van der Waals surface area (Å²) in [4.78, 5) is 14.3. The minimum atomic E-state index is -0.480. The Labute approximate surface area is 143 Å². The molecule has 0 aliphatic carbocycles. The number of rotatable bonds is 5. The summed E-state index contributed by atoms with van der Waals surface area (Å²) in [5.41, 5.74) is 8.60. The van der Waals surface area contributed by atoms with Gasteiger partial charge in [-0.1, -0.05) is 12.1 Å². The molecule has 2 rings (SSSR count). The van der Waals surface area contributed by atoms with Crippen molar-refractivity contribution in [1.29, 1.82) is 5.26 Å². The van der Waals surface area contributed by atoms with Gasteiger partial charge in [0, 0.05) is 24.4 Å². The molecule has 126 valence electrons. The van der Waals surface area contributed by atoms with Gasteiger partial charge in [-0.05, 0) is 45.4 Å². The van der Waals surface area contributed by atoms with Crippen molar-refractivity contribution >= 4 is 11.5 Å². The first-order chi connectivity index (χ1) is 11.4. The fourth-order valence-electron chi connectivity index (χ4n) is 3.14. The Balaban J connectivity index is 2.52. The molecule has 0 spiro atoms. The van der Waals surface area contributed by atoms with Gasteiger partial charge in [-0.2, -0.15) is 5.26 Å². The summed E-state index contributed by atoms with van der Waals surface area (Å²) in [6, 6.07) is 10.0. The number of carbonyl (C=O) groups is 1. The van der Waals surface area contributed by atoms with E-state index >= 15 is 0 Å². The SMILES string of the molecule is CCN(CC)c1ccc([C@H]2C(C#N)=C(N)OC(C)=C2C(C)=O)cc1. The van der Waals surface area contributed by atoms with E-state index in [2.05, 4.69) is 24.8 Å². The van der Waals surface area contributed by atoms with Crippen LogP contribution < -0.4 is 10.6 Å². The molecule has 1 aromatic carbocycles. The Hall–Kier alpha value is -2.74. The van der Waals surface area contributed by atoms with Crippen LogP contribution in [0.1, 0.15) is 39.2 Å². The molecule has 0 bridgehead atoms. The van der Waals surface area contributed by atoms with Gasteiger partial charge in [-0.3, -0.25) is 4.79 Å². The lowest BCUT2D eigenvalue weighted by Gasteiger charge is -2.27. The second kappa shape index (κ2) is 7.22. The average molecular weight is 325 g/mol. The van der Waals surface area contributed by atoms with Crippen molar-refractivity contribution < 1.29 is 9.53 Å². The molecule has 1 atom stereocenters. The molecular formula is C19H23N3O2. The molecule has 0 aromatic heterocycles. The normalized spacial score (nSPS) is 17.4. The van der Waals surface area contributed by atoms with Gasteiger partial charge in [0.25, 0.3) is 0 Å². The number of allylic oxidation sites excluding steroid dienone is 3. The van der Waals surface area contributed by atoms with Gasteiger partial charge < -0.3 is 15.4 Å². The highest BCUT2D eigenvalue weighted by Crippen LogP contribution is 2.39. The van der Waals surface area contributed by atoms with Gasteiger partial charge in [0.15, 0.2) is 5.78 Å². The monoisotopic (exact) mass is 325 g/mol. The number of nitrogens with two attached hydrogens (primary N) is 1. The zero-order chi connectivity index (χ0) is 17.9. The minimum absolute atomic E-state index is 0.0674. The van der Waals surface area contributed by atoms with Crippen LogP contribution in [0.15, 0.2) is 47.1 Å². The predicted molar refractivity (Wildman–Crippen MR) is 94.0 cm³/mol. The van der Waals surface area contributed by atoms with Crippen LogP contribution in [0.5, 0.6) is 0 Å². The number of hydrogen-bond acceptors (Lipinski definition) is 5. The second-order valence-corrected chi connectivity index (χ2v) is 5.71. The zero-order valence-electron chi connectivity index (χ0n) is 14.6. The van der Waals surface area contributed by atoms with E-state index < -0.39 is 5.92 Å². The summed E-state index contributed by atoms with van der Waals surface area (Å²) >= 11 is 0. The van der Waals surface area contributed by atoms with Crippen LogP contribution in [0.3, 0.4) is 0 Å². The Kier molecular flexibility index (Phi) is 5.30. The third-order valence-electron chi connectivity index (χ3n) is 4.34.